The number of rotatable bonds is 2. The lowest BCUT2D eigenvalue weighted by molar-refractivity contribution is -0.141. The maximum atomic E-state index is 12.6. The van der Waals surface area contributed by atoms with Gasteiger partial charge in [-0.05, 0) is 45.2 Å². The van der Waals surface area contributed by atoms with Gasteiger partial charge >= 0.3 is 6.18 Å². The van der Waals surface area contributed by atoms with Gasteiger partial charge in [-0.2, -0.15) is 18.3 Å². The Morgan fingerprint density at radius 3 is 2.58 bits per heavy atom. The summed E-state index contributed by atoms with van der Waals surface area (Å²) in [6.45, 7) is 4.12. The van der Waals surface area contributed by atoms with E-state index in [1.807, 2.05) is 4.90 Å². The van der Waals surface area contributed by atoms with Gasteiger partial charge < -0.3 is 10.2 Å². The van der Waals surface area contributed by atoms with Gasteiger partial charge in [0.25, 0.3) is 0 Å². The van der Waals surface area contributed by atoms with E-state index in [1.165, 1.54) is 10.9 Å². The normalized spacial score (nSPS) is 26.6. The van der Waals surface area contributed by atoms with Crippen molar-refractivity contribution in [2.24, 2.45) is 5.92 Å². The summed E-state index contributed by atoms with van der Waals surface area (Å²) in [5.74, 6) is 0.262. The number of likely N-dealkylation sites (tertiary alicyclic amines) is 1. The summed E-state index contributed by atoms with van der Waals surface area (Å²) in [6.07, 6.45) is -0.0202. The third-order valence-corrected chi connectivity index (χ3v) is 5.02. The molecule has 2 saturated heterocycles. The molecule has 3 heterocycles. The molecule has 2 aliphatic heterocycles. The van der Waals surface area contributed by atoms with E-state index in [1.54, 1.807) is 0 Å². The molecule has 0 unspecified atom stereocenters. The van der Waals surface area contributed by atoms with Gasteiger partial charge in [0.05, 0.1) is 6.04 Å². The van der Waals surface area contributed by atoms with E-state index < -0.39 is 11.9 Å². The van der Waals surface area contributed by atoms with E-state index in [2.05, 4.69) is 17.3 Å². The van der Waals surface area contributed by atoms with Crippen molar-refractivity contribution in [3.05, 3.63) is 18.0 Å². The first-order valence-corrected chi connectivity index (χ1v) is 8.49. The van der Waals surface area contributed by atoms with Gasteiger partial charge in [-0.15, -0.1) is 0 Å². The topological polar surface area (TPSA) is 50.2 Å². The molecular weight excluding hydrogens is 321 g/mol. The molecule has 1 amide bonds. The van der Waals surface area contributed by atoms with Crippen LogP contribution in [0.3, 0.4) is 0 Å². The van der Waals surface area contributed by atoms with Crippen molar-refractivity contribution in [1.82, 2.24) is 20.0 Å². The molecule has 0 aliphatic carbocycles. The van der Waals surface area contributed by atoms with Crippen molar-refractivity contribution in [3.8, 4) is 0 Å². The second-order valence-corrected chi connectivity index (χ2v) is 6.81. The van der Waals surface area contributed by atoms with Crippen LogP contribution in [0.1, 0.15) is 44.3 Å². The van der Waals surface area contributed by atoms with E-state index in [0.717, 1.165) is 25.5 Å². The van der Waals surface area contributed by atoms with Crippen molar-refractivity contribution in [2.45, 2.75) is 50.9 Å². The highest BCUT2D eigenvalue weighted by Gasteiger charge is 2.35. The zero-order valence-corrected chi connectivity index (χ0v) is 13.7. The Labute approximate surface area is 139 Å². The molecular formula is C16H23F3N4O. The highest BCUT2D eigenvalue weighted by atomic mass is 19.4. The molecule has 8 heteroatoms. The zero-order valence-electron chi connectivity index (χ0n) is 13.7. The van der Waals surface area contributed by atoms with Crippen LogP contribution in [-0.4, -0.2) is 46.3 Å². The number of aromatic nitrogens is 2. The zero-order chi connectivity index (χ0) is 17.3. The molecule has 2 fully saturated rings. The van der Waals surface area contributed by atoms with Crippen LogP contribution < -0.4 is 5.32 Å². The summed E-state index contributed by atoms with van der Waals surface area (Å²) in [5, 5.41) is 6.99. The van der Waals surface area contributed by atoms with Gasteiger partial charge in [0.1, 0.15) is 0 Å². The number of amides is 1. The van der Waals surface area contributed by atoms with Crippen LogP contribution in [0, 0.1) is 5.92 Å². The van der Waals surface area contributed by atoms with Gasteiger partial charge in [-0.1, -0.05) is 0 Å². The minimum Gasteiger partial charge on any atom is -0.342 e. The summed E-state index contributed by atoms with van der Waals surface area (Å²) < 4.78 is 39.3. The number of nitrogens with zero attached hydrogens (tertiary/aromatic N) is 3. The van der Waals surface area contributed by atoms with E-state index in [-0.39, 0.29) is 17.9 Å². The lowest BCUT2D eigenvalue weighted by Crippen LogP contribution is -2.46. The number of alkyl halides is 3. The third kappa shape index (κ3) is 3.74. The average Bonchev–Trinajstić information content (AvgIpc) is 3.04. The predicted octanol–water partition coefficient (Wildman–Crippen LogP) is 2.45. The highest BCUT2D eigenvalue weighted by Crippen LogP contribution is 2.30. The minimum atomic E-state index is -4.41. The van der Waals surface area contributed by atoms with Gasteiger partial charge in [0.2, 0.25) is 5.91 Å². The fourth-order valence-electron chi connectivity index (χ4n) is 3.66. The van der Waals surface area contributed by atoms with Crippen LogP contribution in [0.2, 0.25) is 0 Å². The molecule has 24 heavy (non-hydrogen) atoms. The van der Waals surface area contributed by atoms with Gasteiger partial charge in [-0.25, -0.2) is 0 Å². The average molecular weight is 344 g/mol. The molecule has 5 nitrogen and oxygen atoms in total. The Morgan fingerprint density at radius 1 is 1.29 bits per heavy atom. The maximum Gasteiger partial charge on any atom is 0.435 e. The first-order chi connectivity index (χ1) is 11.3. The Bertz CT molecular complexity index is 578. The second kappa shape index (κ2) is 6.74. The van der Waals surface area contributed by atoms with Gasteiger partial charge in [0.15, 0.2) is 5.69 Å². The van der Waals surface area contributed by atoms with Crippen molar-refractivity contribution in [2.75, 3.05) is 19.6 Å². The number of halogens is 3. The van der Waals surface area contributed by atoms with Crippen LogP contribution in [-0.2, 0) is 11.0 Å². The lowest BCUT2D eigenvalue weighted by Gasteiger charge is -2.36. The van der Waals surface area contributed by atoms with Crippen molar-refractivity contribution in [3.63, 3.8) is 0 Å². The van der Waals surface area contributed by atoms with Crippen molar-refractivity contribution >= 4 is 5.91 Å². The van der Waals surface area contributed by atoms with E-state index in [9.17, 15) is 18.0 Å². The minimum absolute atomic E-state index is 0.0688. The third-order valence-electron chi connectivity index (χ3n) is 5.02. The molecule has 0 aromatic carbocycles. The van der Waals surface area contributed by atoms with Gasteiger partial charge in [0, 0.05) is 31.2 Å². The molecule has 2 atom stereocenters. The standard InChI is InChI=1S/C16H23F3N4O/c1-11-10-12(2-6-20-11)15(24)22-7-3-13(4-8-22)23-9-5-14(21-23)16(17,18)19/h5,9,11-13,20H,2-4,6-8,10H2,1H3/t11-,12-/m0/s1. The predicted molar refractivity (Wildman–Crippen MR) is 82.3 cm³/mol. The first-order valence-electron chi connectivity index (χ1n) is 8.49. The summed E-state index contributed by atoms with van der Waals surface area (Å²) in [7, 11) is 0. The summed E-state index contributed by atoms with van der Waals surface area (Å²) in [5.41, 5.74) is -0.857. The fourth-order valence-corrected chi connectivity index (χ4v) is 3.66. The van der Waals surface area contributed by atoms with E-state index in [4.69, 9.17) is 0 Å². The SMILES string of the molecule is C[C@H]1C[C@@H](C(=O)N2CCC(n3ccc(C(F)(F)F)n3)CC2)CCN1. The molecule has 0 saturated carbocycles. The molecule has 3 rings (SSSR count). The first kappa shape index (κ1) is 17.3. The summed E-state index contributed by atoms with van der Waals surface area (Å²) in [4.78, 5) is 14.5. The van der Waals surface area contributed by atoms with Gasteiger partial charge in [-0.3, -0.25) is 9.48 Å². The molecule has 1 N–H and O–H groups in total. The molecule has 134 valence electrons. The Balaban J connectivity index is 1.55. The number of piperidine rings is 2. The highest BCUT2D eigenvalue weighted by molar-refractivity contribution is 5.79. The number of hydrogen-bond donors (Lipinski definition) is 1. The maximum absolute atomic E-state index is 12.6. The largest absolute Gasteiger partial charge is 0.435 e. The van der Waals surface area contributed by atoms with Crippen LogP contribution in [0.15, 0.2) is 12.3 Å². The molecule has 0 radical (unpaired) electrons. The summed E-state index contributed by atoms with van der Waals surface area (Å²) in [6, 6.07) is 1.29. The van der Waals surface area contributed by atoms with E-state index in [0.29, 0.717) is 32.0 Å². The van der Waals surface area contributed by atoms with Crippen molar-refractivity contribution in [1.29, 1.82) is 0 Å². The molecule has 0 spiro atoms. The molecule has 0 bridgehead atoms. The number of carbonyl (C=O) groups is 1. The Kier molecular flexibility index (Phi) is 4.85. The monoisotopic (exact) mass is 344 g/mol. The lowest BCUT2D eigenvalue weighted by atomic mass is 9.91. The Morgan fingerprint density at radius 2 is 2.00 bits per heavy atom. The van der Waals surface area contributed by atoms with Crippen molar-refractivity contribution < 1.29 is 18.0 Å². The number of nitrogens with one attached hydrogen (secondary N) is 1. The smallest absolute Gasteiger partial charge is 0.342 e. The van der Waals surface area contributed by atoms with Crippen LogP contribution in [0.4, 0.5) is 13.2 Å². The fraction of sp³-hybridized carbons (Fsp3) is 0.750. The molecule has 2 aliphatic rings. The van der Waals surface area contributed by atoms with E-state index >= 15 is 0 Å². The van der Waals surface area contributed by atoms with Crippen LogP contribution in [0.5, 0.6) is 0 Å². The second-order valence-electron chi connectivity index (χ2n) is 6.81. The molecule has 1 aromatic heterocycles. The summed E-state index contributed by atoms with van der Waals surface area (Å²) >= 11 is 0. The number of carbonyl (C=O) groups excluding carboxylic acids is 1. The Hall–Kier alpha value is -1.57. The van der Waals surface area contributed by atoms with Crippen LogP contribution >= 0.6 is 0 Å². The quantitative estimate of drug-likeness (QED) is 0.897. The number of hydrogen-bond acceptors (Lipinski definition) is 3. The van der Waals surface area contributed by atoms with Crippen LogP contribution in [0.25, 0.3) is 0 Å². The molecule has 1 aromatic rings.